The highest BCUT2D eigenvalue weighted by Gasteiger charge is 2.33. The van der Waals surface area contributed by atoms with E-state index in [0.717, 1.165) is 25.7 Å². The van der Waals surface area contributed by atoms with Crippen molar-refractivity contribution in [1.82, 2.24) is 14.9 Å². The van der Waals surface area contributed by atoms with Gasteiger partial charge >= 0.3 is 0 Å². The van der Waals surface area contributed by atoms with Crippen LogP contribution in [0.3, 0.4) is 0 Å². The Hall–Kier alpha value is -1.68. The van der Waals surface area contributed by atoms with Gasteiger partial charge in [0.1, 0.15) is 4.90 Å². The first-order chi connectivity index (χ1) is 15.2. The lowest BCUT2D eigenvalue weighted by atomic mass is 9.95. The molecule has 2 fully saturated rings. The number of nitrogens with one attached hydrogen (secondary N) is 2. The fourth-order valence-electron chi connectivity index (χ4n) is 4.25. The van der Waals surface area contributed by atoms with E-state index in [4.69, 9.17) is 16.3 Å². The van der Waals surface area contributed by atoms with Crippen molar-refractivity contribution in [3.8, 4) is 0 Å². The normalized spacial score (nSPS) is 23.0. The van der Waals surface area contributed by atoms with Crippen LogP contribution in [-0.4, -0.2) is 62.4 Å². The van der Waals surface area contributed by atoms with Crippen LogP contribution in [0, 0.1) is 0 Å². The number of hydrogen-bond donors (Lipinski definition) is 2. The number of carbonyl (C=O) groups excluding carboxylic acids is 2. The molecule has 2 aliphatic rings. The van der Waals surface area contributed by atoms with E-state index in [1.807, 2.05) is 13.8 Å². The van der Waals surface area contributed by atoms with Gasteiger partial charge < -0.3 is 15.4 Å². The van der Waals surface area contributed by atoms with Crippen molar-refractivity contribution in [2.45, 2.75) is 75.5 Å². The first kappa shape index (κ1) is 25.0. The monoisotopic (exact) mass is 485 g/mol. The molecule has 1 saturated carbocycles. The number of ether oxygens (including phenoxy) is 1. The Balaban J connectivity index is 1.60. The van der Waals surface area contributed by atoms with Crippen molar-refractivity contribution < 1.29 is 22.7 Å². The van der Waals surface area contributed by atoms with Crippen molar-refractivity contribution in [3.05, 3.63) is 28.8 Å². The molecule has 3 rings (SSSR count). The minimum atomic E-state index is -3.89. The second kappa shape index (κ2) is 11.0. The summed E-state index contributed by atoms with van der Waals surface area (Å²) in [6, 6.07) is 4.40. The van der Waals surface area contributed by atoms with Crippen LogP contribution < -0.4 is 10.6 Å². The predicted molar refractivity (Wildman–Crippen MR) is 122 cm³/mol. The third kappa shape index (κ3) is 6.43. The third-order valence-electron chi connectivity index (χ3n) is 5.81. The maximum Gasteiger partial charge on any atom is 0.251 e. The van der Waals surface area contributed by atoms with Crippen LogP contribution in [0.5, 0.6) is 0 Å². The Labute approximate surface area is 195 Å². The molecule has 1 heterocycles. The molecule has 1 saturated heterocycles. The molecule has 1 aromatic carbocycles. The van der Waals surface area contributed by atoms with Crippen LogP contribution in [0.15, 0.2) is 23.1 Å². The van der Waals surface area contributed by atoms with E-state index < -0.39 is 15.9 Å². The smallest absolute Gasteiger partial charge is 0.251 e. The molecule has 1 aliphatic heterocycles. The number of halogens is 1. The van der Waals surface area contributed by atoms with E-state index in [1.54, 1.807) is 0 Å². The summed E-state index contributed by atoms with van der Waals surface area (Å²) >= 11 is 6.19. The number of morpholine rings is 1. The summed E-state index contributed by atoms with van der Waals surface area (Å²) in [5, 5.41) is 5.75. The molecule has 0 bridgehead atoms. The molecule has 0 aromatic heterocycles. The quantitative estimate of drug-likeness (QED) is 0.617. The zero-order valence-corrected chi connectivity index (χ0v) is 20.2. The van der Waals surface area contributed by atoms with Gasteiger partial charge in [0.05, 0.1) is 17.2 Å². The number of amides is 2. The summed E-state index contributed by atoms with van der Waals surface area (Å²) < 4.78 is 33.3. The van der Waals surface area contributed by atoms with Gasteiger partial charge in [-0.15, -0.1) is 0 Å². The lowest BCUT2D eigenvalue weighted by Gasteiger charge is -2.34. The molecule has 0 radical (unpaired) electrons. The fourth-order valence-corrected chi connectivity index (χ4v) is 6.34. The molecule has 178 valence electrons. The summed E-state index contributed by atoms with van der Waals surface area (Å²) in [4.78, 5) is 24.6. The minimum Gasteiger partial charge on any atom is -0.373 e. The summed E-state index contributed by atoms with van der Waals surface area (Å²) in [5.41, 5.74) is 0.176. The second-order valence-corrected chi connectivity index (χ2v) is 10.9. The SMILES string of the molecule is CC1CN(S(=O)(=O)c2cc(C(=O)NCCC(=O)NC3CCCCC3)ccc2Cl)CC(C)O1. The Bertz CT molecular complexity index is 923. The minimum absolute atomic E-state index is 0.0557. The molecule has 2 amide bonds. The molecular formula is C22H32ClN3O5S. The van der Waals surface area contributed by atoms with Gasteiger partial charge in [0, 0.05) is 37.7 Å². The Morgan fingerprint density at radius 1 is 1.12 bits per heavy atom. The van der Waals surface area contributed by atoms with Crippen molar-refractivity contribution in [1.29, 1.82) is 0 Å². The topological polar surface area (TPSA) is 105 Å². The first-order valence-electron chi connectivity index (χ1n) is 11.2. The number of hydrogen-bond acceptors (Lipinski definition) is 5. The maximum atomic E-state index is 13.2. The van der Waals surface area contributed by atoms with Crippen molar-refractivity contribution in [2.75, 3.05) is 19.6 Å². The Morgan fingerprint density at radius 2 is 1.78 bits per heavy atom. The van der Waals surface area contributed by atoms with E-state index in [2.05, 4.69) is 10.6 Å². The molecule has 1 aliphatic carbocycles. The van der Waals surface area contributed by atoms with E-state index >= 15 is 0 Å². The van der Waals surface area contributed by atoms with Crippen LogP contribution in [0.4, 0.5) is 0 Å². The molecule has 1 aromatic rings. The van der Waals surface area contributed by atoms with Gasteiger partial charge in [0.25, 0.3) is 5.91 Å². The number of rotatable bonds is 7. The highest BCUT2D eigenvalue weighted by Crippen LogP contribution is 2.28. The molecule has 2 N–H and O–H groups in total. The van der Waals surface area contributed by atoms with Gasteiger partial charge in [0.2, 0.25) is 15.9 Å². The summed E-state index contributed by atoms with van der Waals surface area (Å²) in [5.74, 6) is -0.542. The highest BCUT2D eigenvalue weighted by atomic mass is 35.5. The van der Waals surface area contributed by atoms with Gasteiger partial charge in [0.15, 0.2) is 0 Å². The maximum absolute atomic E-state index is 13.2. The number of nitrogens with zero attached hydrogens (tertiary/aromatic N) is 1. The molecule has 0 spiro atoms. The largest absolute Gasteiger partial charge is 0.373 e. The van der Waals surface area contributed by atoms with Gasteiger partial charge in [-0.05, 0) is 44.9 Å². The van der Waals surface area contributed by atoms with Crippen LogP contribution in [-0.2, 0) is 19.6 Å². The lowest BCUT2D eigenvalue weighted by Crippen LogP contribution is -2.48. The number of benzene rings is 1. The summed E-state index contributed by atoms with van der Waals surface area (Å²) in [6.07, 6.45) is 5.17. The molecule has 10 heteroatoms. The van der Waals surface area contributed by atoms with Crippen molar-refractivity contribution >= 4 is 33.4 Å². The fraction of sp³-hybridized carbons (Fsp3) is 0.636. The first-order valence-corrected chi connectivity index (χ1v) is 13.0. The molecule has 2 atom stereocenters. The molecular weight excluding hydrogens is 454 g/mol. The van der Waals surface area contributed by atoms with Gasteiger partial charge in [-0.25, -0.2) is 8.42 Å². The highest BCUT2D eigenvalue weighted by molar-refractivity contribution is 7.89. The van der Waals surface area contributed by atoms with Crippen LogP contribution >= 0.6 is 11.6 Å². The average Bonchev–Trinajstić information content (AvgIpc) is 2.74. The van der Waals surface area contributed by atoms with E-state index in [9.17, 15) is 18.0 Å². The lowest BCUT2D eigenvalue weighted by molar-refractivity contribution is -0.121. The van der Waals surface area contributed by atoms with E-state index in [0.29, 0.717) is 0 Å². The van der Waals surface area contributed by atoms with Crippen LogP contribution in [0.1, 0.15) is 62.7 Å². The third-order valence-corrected chi connectivity index (χ3v) is 8.12. The van der Waals surface area contributed by atoms with Crippen LogP contribution in [0.25, 0.3) is 0 Å². The van der Waals surface area contributed by atoms with E-state index in [-0.39, 0.29) is 65.7 Å². The average molecular weight is 486 g/mol. The number of carbonyl (C=O) groups is 2. The standard InChI is InChI=1S/C22H32ClN3O5S/c1-15-13-26(14-16(2)31-15)32(29,30)20-12-17(8-9-19(20)23)22(28)24-11-10-21(27)25-18-6-4-3-5-7-18/h8-9,12,15-16,18H,3-7,10-11,13-14H2,1-2H3,(H,24,28)(H,25,27). The molecule has 32 heavy (non-hydrogen) atoms. The Kier molecular flexibility index (Phi) is 8.55. The van der Waals surface area contributed by atoms with Crippen LogP contribution in [0.2, 0.25) is 5.02 Å². The van der Waals surface area contributed by atoms with Gasteiger partial charge in [-0.1, -0.05) is 30.9 Å². The molecule has 2 unspecified atom stereocenters. The zero-order chi connectivity index (χ0) is 23.3. The molecule has 8 nitrogen and oxygen atoms in total. The van der Waals surface area contributed by atoms with Crippen molar-refractivity contribution in [3.63, 3.8) is 0 Å². The van der Waals surface area contributed by atoms with Gasteiger partial charge in [-0.3, -0.25) is 9.59 Å². The Morgan fingerprint density at radius 3 is 2.44 bits per heavy atom. The second-order valence-electron chi connectivity index (χ2n) is 8.63. The number of sulfonamides is 1. The van der Waals surface area contributed by atoms with E-state index in [1.165, 1.54) is 28.9 Å². The summed E-state index contributed by atoms with van der Waals surface area (Å²) in [7, 11) is -3.89. The summed E-state index contributed by atoms with van der Waals surface area (Å²) in [6.45, 7) is 4.23. The van der Waals surface area contributed by atoms with Crippen molar-refractivity contribution in [2.24, 2.45) is 0 Å². The van der Waals surface area contributed by atoms with Gasteiger partial charge in [-0.2, -0.15) is 4.31 Å². The predicted octanol–water partition coefficient (Wildman–Crippen LogP) is 2.71. The zero-order valence-electron chi connectivity index (χ0n) is 18.6.